The lowest BCUT2D eigenvalue weighted by atomic mass is 10.0. The number of benzene rings is 1. The first-order chi connectivity index (χ1) is 8.70. The zero-order chi connectivity index (χ0) is 13.0. The first kappa shape index (κ1) is 13.4. The molecule has 1 aliphatic heterocycles. The molecule has 0 saturated carbocycles. The fraction of sp³-hybridized carbons (Fsp3) is 0.600. The second-order valence-electron chi connectivity index (χ2n) is 5.28. The normalized spacial score (nSPS) is 15.6. The summed E-state index contributed by atoms with van der Waals surface area (Å²) in [6, 6.07) is 6.65. The van der Waals surface area contributed by atoms with E-state index in [0.717, 1.165) is 31.7 Å². The summed E-state index contributed by atoms with van der Waals surface area (Å²) < 4.78 is 5.50. The van der Waals surface area contributed by atoms with Crippen LogP contribution in [0.5, 0.6) is 5.75 Å². The predicted molar refractivity (Wildman–Crippen MR) is 73.1 cm³/mol. The van der Waals surface area contributed by atoms with E-state index in [1.54, 1.807) is 0 Å². The first-order valence-corrected chi connectivity index (χ1v) is 6.79. The van der Waals surface area contributed by atoms with Crippen molar-refractivity contribution in [3.05, 3.63) is 29.3 Å². The van der Waals surface area contributed by atoms with Crippen LogP contribution in [0, 0.1) is 5.92 Å². The molecule has 0 aromatic heterocycles. The standard InChI is InChI=1S/C15H23NO2/c1-11(2)14(10-17)16-7-5-12-3-4-15-13(9-12)6-8-18-15/h3-4,9,11,14,16-17H,5-8,10H2,1-2H3/t14-/m1/s1. The minimum absolute atomic E-state index is 0.197. The summed E-state index contributed by atoms with van der Waals surface area (Å²) in [7, 11) is 0. The molecule has 2 rings (SSSR count). The van der Waals surface area contributed by atoms with Crippen molar-refractivity contribution in [2.45, 2.75) is 32.7 Å². The second kappa shape index (κ2) is 6.21. The molecule has 1 aliphatic rings. The number of aliphatic hydroxyl groups is 1. The summed E-state index contributed by atoms with van der Waals surface area (Å²) in [5, 5.41) is 12.6. The minimum atomic E-state index is 0.197. The van der Waals surface area contributed by atoms with Gasteiger partial charge in [-0.1, -0.05) is 26.0 Å². The molecule has 1 heterocycles. The van der Waals surface area contributed by atoms with Crippen LogP contribution in [-0.2, 0) is 12.8 Å². The molecule has 0 fully saturated rings. The van der Waals surface area contributed by atoms with Gasteiger partial charge in [0, 0.05) is 12.5 Å². The van der Waals surface area contributed by atoms with Gasteiger partial charge in [-0.25, -0.2) is 0 Å². The smallest absolute Gasteiger partial charge is 0.122 e. The molecule has 1 aromatic rings. The van der Waals surface area contributed by atoms with Crippen LogP contribution in [0.3, 0.4) is 0 Å². The van der Waals surface area contributed by atoms with Crippen molar-refractivity contribution in [2.24, 2.45) is 5.92 Å². The van der Waals surface area contributed by atoms with Crippen LogP contribution in [0.1, 0.15) is 25.0 Å². The third-order valence-electron chi connectivity index (χ3n) is 3.58. The average molecular weight is 249 g/mol. The Morgan fingerprint density at radius 3 is 2.94 bits per heavy atom. The average Bonchev–Trinajstić information content (AvgIpc) is 2.81. The highest BCUT2D eigenvalue weighted by molar-refractivity contribution is 5.39. The van der Waals surface area contributed by atoms with Crippen molar-refractivity contribution < 1.29 is 9.84 Å². The van der Waals surface area contributed by atoms with Crippen molar-refractivity contribution in [3.8, 4) is 5.75 Å². The van der Waals surface area contributed by atoms with Gasteiger partial charge in [0.15, 0.2) is 0 Å². The molecule has 0 amide bonds. The number of aliphatic hydroxyl groups excluding tert-OH is 1. The van der Waals surface area contributed by atoms with Crippen LogP contribution in [0.15, 0.2) is 18.2 Å². The molecular formula is C15H23NO2. The fourth-order valence-corrected chi connectivity index (χ4v) is 2.31. The van der Waals surface area contributed by atoms with Crippen molar-refractivity contribution >= 4 is 0 Å². The zero-order valence-corrected chi connectivity index (χ0v) is 11.3. The molecule has 3 nitrogen and oxygen atoms in total. The molecule has 3 heteroatoms. The molecule has 18 heavy (non-hydrogen) atoms. The van der Waals surface area contributed by atoms with Crippen LogP contribution >= 0.6 is 0 Å². The topological polar surface area (TPSA) is 41.5 Å². The zero-order valence-electron chi connectivity index (χ0n) is 11.3. The van der Waals surface area contributed by atoms with Crippen molar-refractivity contribution in [3.63, 3.8) is 0 Å². The number of hydrogen-bond acceptors (Lipinski definition) is 3. The lowest BCUT2D eigenvalue weighted by Gasteiger charge is -2.19. The second-order valence-corrected chi connectivity index (χ2v) is 5.28. The lowest BCUT2D eigenvalue weighted by molar-refractivity contribution is 0.212. The van der Waals surface area contributed by atoms with Gasteiger partial charge in [-0.05, 0) is 36.1 Å². The Labute approximate surface area is 109 Å². The molecule has 2 N–H and O–H groups in total. The first-order valence-electron chi connectivity index (χ1n) is 6.79. The maximum Gasteiger partial charge on any atom is 0.122 e. The summed E-state index contributed by atoms with van der Waals surface area (Å²) in [5.74, 6) is 1.51. The summed E-state index contributed by atoms with van der Waals surface area (Å²) in [4.78, 5) is 0. The van der Waals surface area contributed by atoms with E-state index in [2.05, 4.69) is 37.4 Å². The van der Waals surface area contributed by atoms with Gasteiger partial charge in [0.25, 0.3) is 0 Å². The Kier molecular flexibility index (Phi) is 4.61. The lowest BCUT2D eigenvalue weighted by Crippen LogP contribution is -2.38. The van der Waals surface area contributed by atoms with Crippen LogP contribution < -0.4 is 10.1 Å². The van der Waals surface area contributed by atoms with Gasteiger partial charge in [0.1, 0.15) is 5.75 Å². The summed E-state index contributed by atoms with van der Waals surface area (Å²) in [6.07, 6.45) is 2.03. The number of ether oxygens (including phenoxy) is 1. The number of fused-ring (bicyclic) bond motifs is 1. The minimum Gasteiger partial charge on any atom is -0.493 e. The Morgan fingerprint density at radius 2 is 2.22 bits per heavy atom. The summed E-state index contributed by atoms with van der Waals surface area (Å²) in [6.45, 7) is 6.18. The molecule has 1 atom stereocenters. The fourth-order valence-electron chi connectivity index (χ4n) is 2.31. The molecule has 100 valence electrons. The van der Waals surface area contributed by atoms with Gasteiger partial charge in [-0.15, -0.1) is 0 Å². The van der Waals surface area contributed by atoms with Gasteiger partial charge < -0.3 is 15.2 Å². The third kappa shape index (κ3) is 3.24. The molecule has 0 spiro atoms. The van der Waals surface area contributed by atoms with E-state index in [-0.39, 0.29) is 12.6 Å². The SMILES string of the molecule is CC(C)[C@@H](CO)NCCc1ccc2c(c1)CCO2. The largest absolute Gasteiger partial charge is 0.493 e. The van der Waals surface area contributed by atoms with Crippen molar-refractivity contribution in [1.82, 2.24) is 5.32 Å². The molecule has 0 saturated heterocycles. The quantitative estimate of drug-likeness (QED) is 0.807. The molecule has 0 unspecified atom stereocenters. The van der Waals surface area contributed by atoms with Gasteiger partial charge in [0.2, 0.25) is 0 Å². The van der Waals surface area contributed by atoms with Gasteiger partial charge >= 0.3 is 0 Å². The number of rotatable bonds is 6. The third-order valence-corrected chi connectivity index (χ3v) is 3.58. The van der Waals surface area contributed by atoms with Gasteiger partial charge in [-0.3, -0.25) is 0 Å². The Hall–Kier alpha value is -1.06. The highest BCUT2D eigenvalue weighted by Crippen LogP contribution is 2.25. The van der Waals surface area contributed by atoms with E-state index < -0.39 is 0 Å². The van der Waals surface area contributed by atoms with Gasteiger partial charge in [0.05, 0.1) is 13.2 Å². The van der Waals surface area contributed by atoms with E-state index in [1.807, 2.05) is 0 Å². The van der Waals surface area contributed by atoms with E-state index in [0.29, 0.717) is 5.92 Å². The molecule has 0 bridgehead atoms. The molecule has 0 aliphatic carbocycles. The highest BCUT2D eigenvalue weighted by atomic mass is 16.5. The molecular weight excluding hydrogens is 226 g/mol. The van der Waals surface area contributed by atoms with E-state index in [1.165, 1.54) is 11.1 Å². The van der Waals surface area contributed by atoms with E-state index >= 15 is 0 Å². The molecule has 1 aromatic carbocycles. The van der Waals surface area contributed by atoms with E-state index in [4.69, 9.17) is 4.74 Å². The van der Waals surface area contributed by atoms with Crippen LogP contribution in [-0.4, -0.2) is 30.9 Å². The van der Waals surface area contributed by atoms with Crippen LogP contribution in [0.4, 0.5) is 0 Å². The maximum absolute atomic E-state index is 9.24. The number of hydrogen-bond donors (Lipinski definition) is 2. The van der Waals surface area contributed by atoms with Crippen LogP contribution in [0.25, 0.3) is 0 Å². The Morgan fingerprint density at radius 1 is 1.39 bits per heavy atom. The van der Waals surface area contributed by atoms with Crippen LogP contribution in [0.2, 0.25) is 0 Å². The van der Waals surface area contributed by atoms with Gasteiger partial charge in [-0.2, -0.15) is 0 Å². The summed E-state index contributed by atoms with van der Waals surface area (Å²) >= 11 is 0. The summed E-state index contributed by atoms with van der Waals surface area (Å²) in [5.41, 5.74) is 2.67. The molecule has 0 radical (unpaired) electrons. The Bertz CT molecular complexity index is 390. The van der Waals surface area contributed by atoms with Crippen molar-refractivity contribution in [2.75, 3.05) is 19.8 Å². The highest BCUT2D eigenvalue weighted by Gasteiger charge is 2.13. The maximum atomic E-state index is 9.24. The predicted octanol–water partition coefficient (Wildman–Crippen LogP) is 1.77. The monoisotopic (exact) mass is 249 g/mol. The number of nitrogens with one attached hydrogen (secondary N) is 1. The Balaban J connectivity index is 1.83. The van der Waals surface area contributed by atoms with Crippen molar-refractivity contribution in [1.29, 1.82) is 0 Å². The van der Waals surface area contributed by atoms with E-state index in [9.17, 15) is 5.11 Å².